The number of H-pyrrole nitrogens is 2. The molecule has 4 atom stereocenters. The van der Waals surface area contributed by atoms with E-state index in [1.54, 1.807) is 22.2 Å². The lowest BCUT2D eigenvalue weighted by molar-refractivity contribution is -0.136. The topological polar surface area (TPSA) is 175 Å². The van der Waals surface area contributed by atoms with Crippen LogP contribution in [-0.2, 0) is 30.9 Å². The van der Waals surface area contributed by atoms with E-state index < -0.39 is 24.3 Å². The number of fused-ring (bicyclic) bond motifs is 2. The first-order valence-corrected chi connectivity index (χ1v) is 21.0. The van der Waals surface area contributed by atoms with Crippen molar-refractivity contribution in [3.63, 3.8) is 0 Å². The van der Waals surface area contributed by atoms with Gasteiger partial charge in [0.05, 0.1) is 38.7 Å². The molecule has 4 amide bonds. The first-order chi connectivity index (χ1) is 28.4. The molecule has 14 nitrogen and oxygen atoms in total. The van der Waals surface area contributed by atoms with Gasteiger partial charge in [0.25, 0.3) is 0 Å². The second-order valence-electron chi connectivity index (χ2n) is 17.0. The van der Waals surface area contributed by atoms with Crippen LogP contribution in [0.4, 0.5) is 9.59 Å². The normalized spacial score (nSPS) is 20.1. The fraction of sp³-hybridized carbons (Fsp3) is 0.556. The monoisotopic (exact) mass is 804 g/mol. The Bertz CT molecular complexity index is 2190. The summed E-state index contributed by atoms with van der Waals surface area (Å²) in [6.07, 6.45) is 12.1. The highest BCUT2D eigenvalue weighted by Crippen LogP contribution is 2.52. The smallest absolute Gasteiger partial charge is 0.407 e. The molecule has 7 rings (SSSR count). The second kappa shape index (κ2) is 17.6. The van der Waals surface area contributed by atoms with Crippen molar-refractivity contribution in [1.82, 2.24) is 40.4 Å². The molecule has 1 spiro atoms. The van der Waals surface area contributed by atoms with Crippen LogP contribution in [0.1, 0.15) is 143 Å². The number of aromatic nitrogens is 4. The Kier molecular flexibility index (Phi) is 12.4. The van der Waals surface area contributed by atoms with Gasteiger partial charge >= 0.3 is 12.2 Å². The Morgan fingerprint density at radius 3 is 1.66 bits per heavy atom. The van der Waals surface area contributed by atoms with Crippen molar-refractivity contribution >= 4 is 24.0 Å². The minimum Gasteiger partial charge on any atom is -0.453 e. The molecule has 3 aromatic rings. The van der Waals surface area contributed by atoms with E-state index in [1.807, 2.05) is 27.7 Å². The maximum atomic E-state index is 13.6. The van der Waals surface area contributed by atoms with Gasteiger partial charge in [0.2, 0.25) is 11.8 Å². The number of carbonyl (C=O) groups is 4. The maximum absolute atomic E-state index is 13.6. The quantitative estimate of drug-likeness (QED) is 0.208. The summed E-state index contributed by atoms with van der Waals surface area (Å²) in [5.74, 6) is 14.5. The third kappa shape index (κ3) is 8.54. The molecular weight excluding hydrogens is 749 g/mol. The number of amides is 4. The number of ether oxygens (including phenoxy) is 2. The van der Waals surface area contributed by atoms with E-state index in [0.717, 1.165) is 62.5 Å². The largest absolute Gasteiger partial charge is 0.453 e. The molecule has 0 radical (unpaired) electrons. The van der Waals surface area contributed by atoms with Crippen molar-refractivity contribution in [1.29, 1.82) is 0 Å². The molecule has 14 heteroatoms. The van der Waals surface area contributed by atoms with Gasteiger partial charge in [0.1, 0.15) is 35.1 Å². The van der Waals surface area contributed by atoms with Crippen molar-refractivity contribution in [3.05, 3.63) is 69.8 Å². The Hall–Kier alpha value is -5.76. The highest BCUT2D eigenvalue weighted by atomic mass is 16.5. The van der Waals surface area contributed by atoms with Gasteiger partial charge < -0.3 is 39.9 Å². The SMILES string of the molecule is COC(=O)NC(C(=O)N1CCCC1c1ncc(C#Cc2ccc(C#Cc3cnc(C4CCCN4C(=O)C(NC(=O)OC)C(C)C)[nH]3)c3c2CCC32CCCC2)[nH]1)C(C)C. The number of hydrogen-bond acceptors (Lipinski definition) is 8. The van der Waals surface area contributed by atoms with E-state index in [9.17, 15) is 19.2 Å². The fourth-order valence-electron chi connectivity index (χ4n) is 9.57. The van der Waals surface area contributed by atoms with Gasteiger partial charge in [-0.3, -0.25) is 9.59 Å². The summed E-state index contributed by atoms with van der Waals surface area (Å²) in [5.41, 5.74) is 6.06. The number of nitrogens with zero attached hydrogens (tertiary/aromatic N) is 4. The fourth-order valence-corrected chi connectivity index (χ4v) is 9.57. The molecule has 1 saturated carbocycles. The standard InChI is InChI=1S/C45H56N8O6/c1-27(2)37(50-43(56)58-5)41(54)52-23-9-11-34(52)39-46-25-31(48-39)17-15-29-13-14-30(36-33(29)19-22-45(36)20-7-8-21-45)16-18-32-26-47-40(49-32)35-12-10-24-53(35)42(55)38(28(3)4)51-44(57)59-6/h13-14,25-28,34-35,37-38H,7-12,19-24H2,1-6H3,(H,46,48)(H,47,49)(H,50,56)(H,51,57). The number of methoxy groups -OCH3 is 2. The first kappa shape index (κ1) is 41.4. The van der Waals surface area contributed by atoms with E-state index in [2.05, 4.69) is 66.4 Å². The minimum absolute atomic E-state index is 0.0995. The van der Waals surface area contributed by atoms with Crippen LogP contribution in [0, 0.1) is 35.5 Å². The van der Waals surface area contributed by atoms with Gasteiger partial charge in [-0.05, 0) is 104 Å². The zero-order valence-corrected chi connectivity index (χ0v) is 35.0. The number of benzene rings is 1. The van der Waals surface area contributed by atoms with Gasteiger partial charge in [-0.2, -0.15) is 0 Å². The van der Waals surface area contributed by atoms with E-state index >= 15 is 0 Å². The molecule has 312 valence electrons. The highest BCUT2D eigenvalue weighted by molar-refractivity contribution is 5.87. The van der Waals surface area contributed by atoms with E-state index in [0.29, 0.717) is 36.1 Å². The van der Waals surface area contributed by atoms with Crippen molar-refractivity contribution in [3.8, 4) is 23.7 Å². The van der Waals surface area contributed by atoms with Gasteiger partial charge in [-0.15, -0.1) is 0 Å². The molecule has 1 aromatic carbocycles. The first-order valence-electron chi connectivity index (χ1n) is 21.0. The average molecular weight is 805 g/mol. The van der Waals surface area contributed by atoms with Crippen LogP contribution < -0.4 is 10.6 Å². The average Bonchev–Trinajstić information content (AvgIpc) is 4.09. The number of carbonyl (C=O) groups excluding carboxylic acids is 4. The number of hydrogen-bond donors (Lipinski definition) is 4. The van der Waals surface area contributed by atoms with Crippen LogP contribution in [0.25, 0.3) is 0 Å². The predicted molar refractivity (Wildman–Crippen MR) is 220 cm³/mol. The molecule has 59 heavy (non-hydrogen) atoms. The lowest BCUT2D eigenvalue weighted by atomic mass is 9.77. The van der Waals surface area contributed by atoms with Crippen LogP contribution in [-0.4, -0.2) is 93.1 Å². The van der Waals surface area contributed by atoms with Crippen LogP contribution in [0.15, 0.2) is 24.5 Å². The molecule has 0 bridgehead atoms. The van der Waals surface area contributed by atoms with Crippen LogP contribution in [0.3, 0.4) is 0 Å². The second-order valence-corrected chi connectivity index (χ2v) is 17.0. The summed E-state index contributed by atoms with van der Waals surface area (Å²) in [6.45, 7) is 8.77. The minimum atomic E-state index is -0.700. The lowest BCUT2D eigenvalue weighted by Crippen LogP contribution is -2.51. The van der Waals surface area contributed by atoms with E-state index in [4.69, 9.17) is 9.47 Å². The number of imidazole rings is 2. The Morgan fingerprint density at radius 1 is 0.712 bits per heavy atom. The summed E-state index contributed by atoms with van der Waals surface area (Å²) < 4.78 is 9.55. The molecule has 2 aliphatic carbocycles. The van der Waals surface area contributed by atoms with Gasteiger partial charge in [0, 0.05) is 24.2 Å². The molecular formula is C45H56N8O6. The molecule has 4 unspecified atom stereocenters. The predicted octanol–water partition coefficient (Wildman–Crippen LogP) is 5.78. The van der Waals surface area contributed by atoms with Gasteiger partial charge in [0.15, 0.2) is 0 Å². The summed E-state index contributed by atoms with van der Waals surface area (Å²) >= 11 is 0. The Labute approximate surface area is 346 Å². The summed E-state index contributed by atoms with van der Waals surface area (Å²) in [4.78, 5) is 71.0. The summed E-state index contributed by atoms with van der Waals surface area (Å²) in [7, 11) is 2.58. The van der Waals surface area contributed by atoms with Crippen LogP contribution in [0.2, 0.25) is 0 Å². The molecule has 2 aromatic heterocycles. The molecule has 4 aliphatic rings. The highest BCUT2D eigenvalue weighted by Gasteiger charge is 2.43. The Balaban J connectivity index is 1.10. The van der Waals surface area contributed by atoms with E-state index in [1.165, 1.54) is 38.2 Å². The Morgan fingerprint density at radius 2 is 1.19 bits per heavy atom. The summed E-state index contributed by atoms with van der Waals surface area (Å²) in [6, 6.07) is 2.31. The lowest BCUT2D eigenvalue weighted by Gasteiger charge is -2.29. The third-order valence-corrected chi connectivity index (χ3v) is 12.6. The molecule has 4 N–H and O–H groups in total. The maximum Gasteiger partial charge on any atom is 0.407 e. The zero-order chi connectivity index (χ0) is 41.8. The molecule has 2 aliphatic heterocycles. The number of likely N-dealkylation sites (tertiary alicyclic amines) is 2. The van der Waals surface area contributed by atoms with Gasteiger partial charge in [-0.25, -0.2) is 19.6 Å². The number of nitrogens with one attached hydrogen (secondary N) is 4. The van der Waals surface area contributed by atoms with Crippen molar-refractivity contribution in [2.24, 2.45) is 11.8 Å². The third-order valence-electron chi connectivity index (χ3n) is 12.6. The number of rotatable bonds is 8. The van der Waals surface area contributed by atoms with Crippen molar-refractivity contribution in [2.75, 3.05) is 27.3 Å². The van der Waals surface area contributed by atoms with Crippen LogP contribution in [0.5, 0.6) is 0 Å². The number of aromatic amines is 2. The molecule has 4 heterocycles. The molecule has 2 saturated heterocycles. The molecule has 3 fully saturated rings. The van der Waals surface area contributed by atoms with Crippen LogP contribution >= 0.6 is 0 Å². The van der Waals surface area contributed by atoms with Crippen molar-refractivity contribution < 1.29 is 28.7 Å². The zero-order valence-electron chi connectivity index (χ0n) is 35.0. The van der Waals surface area contributed by atoms with Crippen molar-refractivity contribution in [2.45, 2.75) is 121 Å². The number of alkyl carbamates (subject to hydrolysis) is 2. The van der Waals surface area contributed by atoms with Gasteiger partial charge in [-0.1, -0.05) is 52.4 Å². The summed E-state index contributed by atoms with van der Waals surface area (Å²) in [5, 5.41) is 5.41. The van der Waals surface area contributed by atoms with E-state index in [-0.39, 0.29) is 41.1 Å².